The molecule has 26 heavy (non-hydrogen) atoms. The molecule has 0 aromatic carbocycles. The maximum atomic E-state index is 11.7. The highest BCUT2D eigenvalue weighted by atomic mass is 32.2. The molecule has 11 heteroatoms. The van der Waals surface area contributed by atoms with Crippen LogP contribution in [-0.2, 0) is 16.1 Å². The average molecular weight is 388 g/mol. The van der Waals surface area contributed by atoms with E-state index in [4.69, 9.17) is 4.74 Å². The number of ether oxygens (including phenoxy) is 1. The first-order valence-electron chi connectivity index (χ1n) is 7.98. The SMILES string of the molecule is Cc1ncc([N+](=O)[O-])n1CCSCCC(NC(=O)OC(C)(C)C)C(=O)O. The van der Waals surface area contributed by atoms with Gasteiger partial charge < -0.3 is 25.3 Å². The van der Waals surface area contributed by atoms with Crippen LogP contribution in [0.3, 0.4) is 0 Å². The average Bonchev–Trinajstić information content (AvgIpc) is 2.85. The van der Waals surface area contributed by atoms with Crippen molar-refractivity contribution in [2.24, 2.45) is 0 Å². The van der Waals surface area contributed by atoms with Crippen molar-refractivity contribution in [3.05, 3.63) is 22.1 Å². The number of aliphatic carboxylic acids is 1. The van der Waals surface area contributed by atoms with E-state index in [9.17, 15) is 24.8 Å². The zero-order valence-corrected chi connectivity index (χ0v) is 16.0. The highest BCUT2D eigenvalue weighted by Crippen LogP contribution is 2.15. The van der Waals surface area contributed by atoms with Gasteiger partial charge in [-0.2, -0.15) is 11.8 Å². The Morgan fingerprint density at radius 3 is 2.65 bits per heavy atom. The molecule has 0 spiro atoms. The second-order valence-corrected chi connectivity index (χ2v) is 7.74. The molecule has 10 nitrogen and oxygen atoms in total. The number of carboxylic acid groups (broad SMARTS) is 1. The van der Waals surface area contributed by atoms with Crippen LogP contribution in [0.2, 0.25) is 0 Å². The molecule has 1 atom stereocenters. The molecule has 1 aromatic heterocycles. The van der Waals surface area contributed by atoms with Crippen molar-refractivity contribution in [3.63, 3.8) is 0 Å². The Kier molecular flexibility index (Phi) is 7.87. The Morgan fingerprint density at radius 2 is 2.12 bits per heavy atom. The first kappa shape index (κ1) is 21.7. The van der Waals surface area contributed by atoms with E-state index in [1.54, 1.807) is 27.7 Å². The molecular weight excluding hydrogens is 364 g/mol. The Hall–Kier alpha value is -2.30. The molecule has 1 rings (SSSR count). The van der Waals surface area contributed by atoms with Gasteiger partial charge in [0.15, 0.2) is 5.82 Å². The highest BCUT2D eigenvalue weighted by molar-refractivity contribution is 7.99. The van der Waals surface area contributed by atoms with Crippen molar-refractivity contribution < 1.29 is 24.4 Å². The number of carbonyl (C=O) groups is 2. The van der Waals surface area contributed by atoms with E-state index in [1.165, 1.54) is 22.5 Å². The number of alkyl carbamates (subject to hydrolysis) is 1. The minimum Gasteiger partial charge on any atom is -0.480 e. The molecule has 0 fully saturated rings. The van der Waals surface area contributed by atoms with Gasteiger partial charge in [-0.1, -0.05) is 0 Å². The van der Waals surface area contributed by atoms with Gasteiger partial charge in [0.05, 0.1) is 0 Å². The lowest BCUT2D eigenvalue weighted by molar-refractivity contribution is -0.392. The van der Waals surface area contributed by atoms with Gasteiger partial charge in [0.1, 0.15) is 24.4 Å². The Labute approximate surface area is 155 Å². The summed E-state index contributed by atoms with van der Waals surface area (Å²) in [5.74, 6) is 0.355. The lowest BCUT2D eigenvalue weighted by Crippen LogP contribution is -2.43. The summed E-state index contributed by atoms with van der Waals surface area (Å²) < 4.78 is 6.55. The Balaban J connectivity index is 2.42. The van der Waals surface area contributed by atoms with Gasteiger partial charge in [-0.05, 0) is 37.9 Å². The summed E-state index contributed by atoms with van der Waals surface area (Å²) in [4.78, 5) is 37.3. The minimum absolute atomic E-state index is 0.0712. The molecule has 0 bridgehead atoms. The highest BCUT2D eigenvalue weighted by Gasteiger charge is 2.23. The molecule has 1 unspecified atom stereocenters. The monoisotopic (exact) mass is 388 g/mol. The third-order valence-electron chi connectivity index (χ3n) is 3.22. The van der Waals surface area contributed by atoms with Crippen LogP contribution < -0.4 is 5.32 Å². The molecule has 146 valence electrons. The number of carboxylic acids is 1. The summed E-state index contributed by atoms with van der Waals surface area (Å²) in [5.41, 5.74) is -0.709. The number of aromatic nitrogens is 2. The molecule has 0 aliphatic carbocycles. The zero-order valence-electron chi connectivity index (χ0n) is 15.2. The Bertz CT molecular complexity index is 655. The van der Waals surface area contributed by atoms with Crippen molar-refractivity contribution in [1.29, 1.82) is 0 Å². The van der Waals surface area contributed by atoms with Crippen molar-refractivity contribution in [2.45, 2.75) is 52.3 Å². The van der Waals surface area contributed by atoms with Crippen molar-refractivity contribution >= 4 is 29.6 Å². The standard InChI is InChI=1S/C15H24N4O6S/c1-10-16-9-12(19(23)24)18(10)6-8-26-7-5-11(13(20)21)17-14(22)25-15(2,3)4/h9,11H,5-8H2,1-4H3,(H,17,22)(H,20,21). The molecule has 0 saturated heterocycles. The van der Waals surface area contributed by atoms with Gasteiger partial charge in [-0.3, -0.25) is 0 Å². The van der Waals surface area contributed by atoms with Crippen LogP contribution >= 0.6 is 11.8 Å². The summed E-state index contributed by atoms with van der Waals surface area (Å²) in [7, 11) is 0. The number of nitrogens with one attached hydrogen (secondary N) is 1. The first-order valence-corrected chi connectivity index (χ1v) is 9.13. The van der Waals surface area contributed by atoms with Crippen LogP contribution in [0.1, 0.15) is 33.0 Å². The first-order chi connectivity index (χ1) is 12.0. The number of thioether (sulfide) groups is 1. The maximum Gasteiger partial charge on any atom is 0.408 e. The predicted octanol–water partition coefficient (Wildman–Crippen LogP) is 2.20. The van der Waals surface area contributed by atoms with Crippen LogP contribution in [0, 0.1) is 17.0 Å². The number of amides is 1. The quantitative estimate of drug-likeness (QED) is 0.373. The number of imidazole rings is 1. The number of rotatable bonds is 9. The van der Waals surface area contributed by atoms with Crippen LogP contribution in [0.15, 0.2) is 6.20 Å². The summed E-state index contributed by atoms with van der Waals surface area (Å²) in [6.07, 6.45) is 0.648. The number of nitrogens with zero attached hydrogens (tertiary/aromatic N) is 3. The van der Waals surface area contributed by atoms with E-state index in [2.05, 4.69) is 10.3 Å². The lowest BCUT2D eigenvalue weighted by atomic mass is 10.2. The maximum absolute atomic E-state index is 11.7. The van der Waals surface area contributed by atoms with Gasteiger partial charge in [0, 0.05) is 12.7 Å². The topological polar surface area (TPSA) is 137 Å². The summed E-state index contributed by atoms with van der Waals surface area (Å²) in [6, 6.07) is -1.05. The fourth-order valence-electron chi connectivity index (χ4n) is 2.04. The van der Waals surface area contributed by atoms with Crippen molar-refractivity contribution in [3.8, 4) is 0 Å². The number of aryl methyl sites for hydroxylation is 1. The molecule has 0 saturated carbocycles. The van der Waals surface area contributed by atoms with Crippen LogP contribution in [0.4, 0.5) is 10.6 Å². The molecular formula is C15H24N4O6S. The zero-order chi connectivity index (χ0) is 19.9. The van der Waals surface area contributed by atoms with E-state index in [-0.39, 0.29) is 12.2 Å². The third-order valence-corrected chi connectivity index (χ3v) is 4.22. The molecule has 2 N–H and O–H groups in total. The fraction of sp³-hybridized carbons (Fsp3) is 0.667. The van der Waals surface area contributed by atoms with Gasteiger partial charge in [-0.15, -0.1) is 0 Å². The third kappa shape index (κ3) is 7.30. The van der Waals surface area contributed by atoms with Gasteiger partial charge in [0.25, 0.3) is 0 Å². The van der Waals surface area contributed by atoms with Crippen molar-refractivity contribution in [1.82, 2.24) is 14.9 Å². The summed E-state index contributed by atoms with van der Waals surface area (Å²) in [5, 5.41) is 22.4. The number of hydrogen-bond acceptors (Lipinski definition) is 7. The molecule has 1 aromatic rings. The second-order valence-electron chi connectivity index (χ2n) is 6.51. The van der Waals surface area contributed by atoms with E-state index in [0.29, 0.717) is 23.9 Å². The normalized spacial score (nSPS) is 12.5. The largest absolute Gasteiger partial charge is 0.480 e. The predicted molar refractivity (Wildman–Crippen MR) is 96.4 cm³/mol. The fourth-order valence-corrected chi connectivity index (χ4v) is 2.96. The number of carbonyl (C=O) groups excluding carboxylic acids is 1. The van der Waals surface area contributed by atoms with E-state index < -0.39 is 28.6 Å². The van der Waals surface area contributed by atoms with Crippen molar-refractivity contribution in [2.75, 3.05) is 11.5 Å². The van der Waals surface area contributed by atoms with Crippen LogP contribution in [-0.4, -0.2) is 54.8 Å². The number of hydrogen-bond donors (Lipinski definition) is 2. The smallest absolute Gasteiger partial charge is 0.408 e. The van der Waals surface area contributed by atoms with E-state index in [1.807, 2.05) is 0 Å². The van der Waals surface area contributed by atoms with E-state index >= 15 is 0 Å². The van der Waals surface area contributed by atoms with Gasteiger partial charge in [0.2, 0.25) is 0 Å². The molecule has 1 amide bonds. The van der Waals surface area contributed by atoms with E-state index in [0.717, 1.165) is 0 Å². The summed E-state index contributed by atoms with van der Waals surface area (Å²) >= 11 is 1.44. The second kappa shape index (κ2) is 9.41. The minimum atomic E-state index is -1.14. The Morgan fingerprint density at radius 1 is 1.46 bits per heavy atom. The van der Waals surface area contributed by atoms with Crippen LogP contribution in [0.25, 0.3) is 0 Å². The molecule has 0 aliphatic heterocycles. The van der Waals surface area contributed by atoms with Gasteiger partial charge >= 0.3 is 17.9 Å². The lowest BCUT2D eigenvalue weighted by Gasteiger charge is -2.21. The summed E-state index contributed by atoms with van der Waals surface area (Å²) in [6.45, 7) is 7.15. The molecule has 0 radical (unpaired) electrons. The molecule has 1 heterocycles. The van der Waals surface area contributed by atoms with Gasteiger partial charge in [-0.25, -0.2) is 19.1 Å². The number of nitro groups is 1. The molecule has 0 aliphatic rings. The van der Waals surface area contributed by atoms with Crippen LogP contribution in [0.5, 0.6) is 0 Å².